The summed E-state index contributed by atoms with van der Waals surface area (Å²) in [4.78, 5) is 8.71. The van der Waals surface area contributed by atoms with Gasteiger partial charge in [0.05, 0.1) is 12.4 Å². The minimum absolute atomic E-state index is 0.285. The van der Waals surface area contributed by atoms with Crippen molar-refractivity contribution in [2.75, 3.05) is 11.6 Å². The van der Waals surface area contributed by atoms with Crippen molar-refractivity contribution < 1.29 is 0 Å². The summed E-state index contributed by atoms with van der Waals surface area (Å²) in [5, 5.41) is 4.17. The van der Waals surface area contributed by atoms with Crippen LogP contribution < -0.4 is 11.1 Å². The van der Waals surface area contributed by atoms with E-state index in [9.17, 15) is 0 Å². The van der Waals surface area contributed by atoms with Gasteiger partial charge in [0.1, 0.15) is 16.5 Å². The van der Waals surface area contributed by atoms with Crippen LogP contribution in [0.3, 0.4) is 0 Å². The third-order valence-electron chi connectivity index (χ3n) is 2.97. The predicted molar refractivity (Wildman–Crippen MR) is 76.5 cm³/mol. The zero-order valence-corrected chi connectivity index (χ0v) is 11.4. The molecule has 3 N–H and O–H groups in total. The van der Waals surface area contributed by atoms with Gasteiger partial charge in [-0.2, -0.15) is 11.8 Å². The van der Waals surface area contributed by atoms with Crippen LogP contribution in [0.2, 0.25) is 0 Å². The van der Waals surface area contributed by atoms with Crippen LogP contribution in [-0.4, -0.2) is 32.5 Å². The number of hydrogen-bond donors (Lipinski definition) is 2. The molecule has 1 heterocycles. The molecule has 2 atom stereocenters. The van der Waals surface area contributed by atoms with Crippen molar-refractivity contribution >= 4 is 34.8 Å². The second-order valence-corrected chi connectivity index (χ2v) is 5.74. The number of aromatic nitrogens is 2. The second kappa shape index (κ2) is 5.64. The highest BCUT2D eigenvalue weighted by Crippen LogP contribution is 2.29. The maximum atomic E-state index is 5.47. The van der Waals surface area contributed by atoms with Crippen LogP contribution in [-0.2, 0) is 0 Å². The molecule has 0 radical (unpaired) electrons. The Balaban J connectivity index is 1.93. The van der Waals surface area contributed by atoms with Gasteiger partial charge < -0.3 is 11.1 Å². The Morgan fingerprint density at radius 1 is 1.47 bits per heavy atom. The highest BCUT2D eigenvalue weighted by Gasteiger charge is 2.23. The van der Waals surface area contributed by atoms with Crippen molar-refractivity contribution in [3.05, 3.63) is 18.1 Å². The maximum absolute atomic E-state index is 5.47. The Morgan fingerprint density at radius 3 is 2.82 bits per heavy atom. The van der Waals surface area contributed by atoms with E-state index in [2.05, 4.69) is 21.5 Å². The van der Waals surface area contributed by atoms with Crippen LogP contribution in [0.5, 0.6) is 0 Å². The summed E-state index contributed by atoms with van der Waals surface area (Å²) in [6, 6.07) is 0.512. The zero-order valence-electron chi connectivity index (χ0n) is 9.72. The van der Waals surface area contributed by atoms with Crippen molar-refractivity contribution in [1.29, 1.82) is 0 Å². The average molecular weight is 268 g/mol. The summed E-state index contributed by atoms with van der Waals surface area (Å²) >= 11 is 6.78. The number of nitrogens with two attached hydrogens (primary N) is 1. The Kier molecular flexibility index (Phi) is 4.17. The fourth-order valence-corrected chi connectivity index (χ4v) is 2.93. The molecule has 0 spiro atoms. The lowest BCUT2D eigenvalue weighted by atomic mass is 10.2. The molecule has 1 aromatic heterocycles. The number of thioether (sulfide) groups is 1. The normalized spacial score (nSPS) is 23.6. The van der Waals surface area contributed by atoms with Crippen molar-refractivity contribution in [2.24, 2.45) is 5.73 Å². The van der Waals surface area contributed by atoms with E-state index in [1.807, 2.05) is 11.8 Å². The van der Waals surface area contributed by atoms with E-state index < -0.39 is 0 Å². The molecule has 17 heavy (non-hydrogen) atoms. The molecular formula is C11H16N4S2. The molecule has 0 bridgehead atoms. The van der Waals surface area contributed by atoms with Crippen molar-refractivity contribution in [1.82, 2.24) is 9.97 Å². The van der Waals surface area contributed by atoms with Crippen LogP contribution in [0.1, 0.15) is 25.0 Å². The standard InChI is InChI=1S/C11H16N4S2/c1-17-8-3-2-7(4-8)15-10-6-13-9(5-14-10)11(12)16/h5-8H,2-4H2,1H3,(H2,12,16)(H,14,15). The van der Waals surface area contributed by atoms with Gasteiger partial charge in [-0.05, 0) is 25.5 Å². The van der Waals surface area contributed by atoms with Gasteiger partial charge in [0, 0.05) is 11.3 Å². The van der Waals surface area contributed by atoms with Gasteiger partial charge in [0.25, 0.3) is 0 Å². The van der Waals surface area contributed by atoms with Gasteiger partial charge in [-0.1, -0.05) is 12.2 Å². The molecule has 1 saturated carbocycles. The van der Waals surface area contributed by atoms with E-state index in [0.29, 0.717) is 11.7 Å². The van der Waals surface area contributed by atoms with E-state index in [0.717, 1.165) is 11.1 Å². The van der Waals surface area contributed by atoms with Crippen LogP contribution in [0.15, 0.2) is 12.4 Å². The third-order valence-corrected chi connectivity index (χ3v) is 4.28. The first-order valence-corrected chi connectivity index (χ1v) is 7.30. The summed E-state index contributed by atoms with van der Waals surface area (Å²) in [6.45, 7) is 0. The number of hydrogen-bond acceptors (Lipinski definition) is 5. The van der Waals surface area contributed by atoms with Gasteiger partial charge in [-0.3, -0.25) is 0 Å². The first-order chi connectivity index (χ1) is 8.19. The molecule has 0 aliphatic heterocycles. The molecular weight excluding hydrogens is 252 g/mol. The summed E-state index contributed by atoms with van der Waals surface area (Å²) in [6.07, 6.45) is 9.15. The first kappa shape index (κ1) is 12.6. The van der Waals surface area contributed by atoms with Gasteiger partial charge in [-0.15, -0.1) is 0 Å². The van der Waals surface area contributed by atoms with Gasteiger partial charge in [0.2, 0.25) is 0 Å². The van der Waals surface area contributed by atoms with E-state index >= 15 is 0 Å². The molecule has 6 heteroatoms. The largest absolute Gasteiger partial charge is 0.388 e. The highest BCUT2D eigenvalue weighted by molar-refractivity contribution is 7.99. The third kappa shape index (κ3) is 3.29. The molecule has 0 aromatic carbocycles. The van der Waals surface area contributed by atoms with E-state index in [1.165, 1.54) is 19.3 Å². The van der Waals surface area contributed by atoms with E-state index in [4.69, 9.17) is 18.0 Å². The van der Waals surface area contributed by atoms with Gasteiger partial charge >= 0.3 is 0 Å². The summed E-state index contributed by atoms with van der Waals surface area (Å²) in [5.74, 6) is 0.803. The fourth-order valence-electron chi connectivity index (χ4n) is 2.02. The van der Waals surface area contributed by atoms with Crippen LogP contribution in [0.4, 0.5) is 5.82 Å². The Labute approximate surface area is 111 Å². The molecule has 0 amide bonds. The van der Waals surface area contributed by atoms with Crippen LogP contribution in [0.25, 0.3) is 0 Å². The lowest BCUT2D eigenvalue weighted by Crippen LogP contribution is -2.18. The summed E-state index contributed by atoms with van der Waals surface area (Å²) in [7, 11) is 0. The van der Waals surface area contributed by atoms with E-state index in [1.54, 1.807) is 12.4 Å². The minimum atomic E-state index is 0.285. The Hall–Kier alpha value is -0.880. The topological polar surface area (TPSA) is 63.8 Å². The number of nitrogens with one attached hydrogen (secondary N) is 1. The molecule has 1 fully saturated rings. The predicted octanol–water partition coefficient (Wildman–Crippen LogP) is 1.81. The van der Waals surface area contributed by atoms with Crippen LogP contribution >= 0.6 is 24.0 Å². The maximum Gasteiger partial charge on any atom is 0.144 e. The minimum Gasteiger partial charge on any atom is -0.388 e. The average Bonchev–Trinajstić information content (AvgIpc) is 2.77. The Morgan fingerprint density at radius 2 is 2.29 bits per heavy atom. The molecule has 1 aliphatic rings. The zero-order chi connectivity index (χ0) is 12.3. The number of anilines is 1. The fraction of sp³-hybridized carbons (Fsp3) is 0.545. The van der Waals surface area contributed by atoms with Crippen LogP contribution in [0, 0.1) is 0 Å². The SMILES string of the molecule is CSC1CCC(Nc2cnc(C(N)=S)cn2)C1. The number of nitrogens with zero attached hydrogens (tertiary/aromatic N) is 2. The lowest BCUT2D eigenvalue weighted by Gasteiger charge is -2.13. The van der Waals surface area contributed by atoms with Gasteiger partial charge in [-0.25, -0.2) is 9.97 Å². The monoisotopic (exact) mass is 268 g/mol. The molecule has 1 aromatic rings. The highest BCUT2D eigenvalue weighted by atomic mass is 32.2. The van der Waals surface area contributed by atoms with Crippen molar-refractivity contribution in [3.8, 4) is 0 Å². The lowest BCUT2D eigenvalue weighted by molar-refractivity contribution is 0.751. The number of rotatable bonds is 4. The molecule has 0 saturated heterocycles. The van der Waals surface area contributed by atoms with Crippen molar-refractivity contribution in [2.45, 2.75) is 30.6 Å². The van der Waals surface area contributed by atoms with Gasteiger partial charge in [0.15, 0.2) is 0 Å². The van der Waals surface area contributed by atoms with Crippen molar-refractivity contribution in [3.63, 3.8) is 0 Å². The Bertz CT molecular complexity index is 393. The molecule has 92 valence electrons. The summed E-state index contributed by atoms with van der Waals surface area (Å²) in [5.41, 5.74) is 6.04. The number of thiocarbonyl (C=S) groups is 1. The molecule has 2 unspecified atom stereocenters. The molecule has 1 aliphatic carbocycles. The van der Waals surface area contributed by atoms with E-state index in [-0.39, 0.29) is 4.99 Å². The molecule has 4 nitrogen and oxygen atoms in total. The smallest absolute Gasteiger partial charge is 0.144 e. The first-order valence-electron chi connectivity index (χ1n) is 5.60. The quantitative estimate of drug-likeness (QED) is 0.812. The molecule has 2 rings (SSSR count). The second-order valence-electron chi connectivity index (χ2n) is 4.16. The summed E-state index contributed by atoms with van der Waals surface area (Å²) < 4.78 is 0.